The predicted molar refractivity (Wildman–Crippen MR) is 137 cm³/mol. The Bertz CT molecular complexity index is 1200. The van der Waals surface area contributed by atoms with Crippen LogP contribution in [0.5, 0.6) is 5.75 Å². The van der Waals surface area contributed by atoms with Gasteiger partial charge in [-0.3, -0.25) is 9.59 Å². The number of hydrogen-bond acceptors (Lipinski definition) is 4. The van der Waals surface area contributed by atoms with Gasteiger partial charge in [-0.05, 0) is 59.7 Å². The summed E-state index contributed by atoms with van der Waals surface area (Å²) in [4.78, 5) is 31.4. The summed E-state index contributed by atoms with van der Waals surface area (Å²) in [6.45, 7) is 5.03. The smallest absolute Gasteiger partial charge is 0.254 e. The van der Waals surface area contributed by atoms with Crippen molar-refractivity contribution in [3.8, 4) is 5.75 Å². The molecule has 35 heavy (non-hydrogen) atoms. The maximum atomic E-state index is 14.2. The summed E-state index contributed by atoms with van der Waals surface area (Å²) >= 11 is 7.74. The molecule has 1 atom stereocenters. The average Bonchev–Trinajstić information content (AvgIpc) is 3.31. The molecule has 3 aromatic rings. The SMILES string of the molecule is CC(C)CN(CC(=O)N1CCc2sccc2[C@@H]1COc1ccccc1F)C(=O)c1cccc(Cl)c1. The summed E-state index contributed by atoms with van der Waals surface area (Å²) in [6.07, 6.45) is 0.737. The van der Waals surface area contributed by atoms with E-state index < -0.39 is 5.82 Å². The minimum absolute atomic E-state index is 0.0564. The van der Waals surface area contributed by atoms with Crippen LogP contribution in [0.15, 0.2) is 60.0 Å². The van der Waals surface area contributed by atoms with Crippen LogP contribution in [0.1, 0.15) is 40.7 Å². The Hall–Kier alpha value is -2.90. The number of thiophene rings is 1. The van der Waals surface area contributed by atoms with Crippen molar-refractivity contribution >= 4 is 34.8 Å². The highest BCUT2D eigenvalue weighted by atomic mass is 35.5. The van der Waals surface area contributed by atoms with E-state index in [1.807, 2.05) is 25.3 Å². The Morgan fingerprint density at radius 1 is 1.20 bits per heavy atom. The lowest BCUT2D eigenvalue weighted by Gasteiger charge is -2.37. The molecular formula is C27H28ClFN2O3S. The van der Waals surface area contributed by atoms with Gasteiger partial charge in [-0.25, -0.2) is 4.39 Å². The molecule has 0 spiro atoms. The van der Waals surface area contributed by atoms with Crippen molar-refractivity contribution < 1.29 is 18.7 Å². The van der Waals surface area contributed by atoms with Crippen molar-refractivity contribution in [3.05, 3.63) is 86.8 Å². The number of rotatable bonds is 8. The van der Waals surface area contributed by atoms with Crippen LogP contribution in [0.4, 0.5) is 4.39 Å². The number of para-hydroxylation sites is 1. The number of nitrogens with zero attached hydrogens (tertiary/aromatic N) is 2. The third-order valence-corrected chi connectivity index (χ3v) is 7.15. The highest BCUT2D eigenvalue weighted by Gasteiger charge is 2.34. The lowest BCUT2D eigenvalue weighted by molar-refractivity contribution is -0.135. The number of fused-ring (bicyclic) bond motifs is 1. The first-order valence-corrected chi connectivity index (χ1v) is 12.9. The van der Waals surface area contributed by atoms with Crippen LogP contribution in [0.25, 0.3) is 0 Å². The molecule has 0 saturated heterocycles. The highest BCUT2D eigenvalue weighted by Crippen LogP contribution is 2.34. The average molecular weight is 515 g/mol. The monoisotopic (exact) mass is 514 g/mol. The van der Waals surface area contributed by atoms with Crippen LogP contribution in [-0.4, -0.2) is 47.9 Å². The molecule has 4 rings (SSSR count). The van der Waals surface area contributed by atoms with Crippen LogP contribution in [0.3, 0.4) is 0 Å². The van der Waals surface area contributed by atoms with Crippen LogP contribution in [0.2, 0.25) is 5.02 Å². The summed E-state index contributed by atoms with van der Waals surface area (Å²) < 4.78 is 20.0. The zero-order valence-corrected chi connectivity index (χ0v) is 21.3. The second kappa shape index (κ2) is 11.2. The van der Waals surface area contributed by atoms with E-state index in [0.29, 0.717) is 23.7 Å². The number of benzene rings is 2. The third kappa shape index (κ3) is 6.03. The summed E-state index contributed by atoms with van der Waals surface area (Å²) in [5, 5.41) is 2.47. The molecule has 1 aliphatic heterocycles. The number of amides is 2. The van der Waals surface area contributed by atoms with Gasteiger partial charge >= 0.3 is 0 Å². The lowest BCUT2D eigenvalue weighted by Crippen LogP contribution is -2.48. The van der Waals surface area contributed by atoms with Crippen LogP contribution in [0, 0.1) is 11.7 Å². The van der Waals surface area contributed by atoms with E-state index in [9.17, 15) is 14.0 Å². The van der Waals surface area contributed by atoms with E-state index in [-0.39, 0.29) is 42.7 Å². The van der Waals surface area contributed by atoms with Gasteiger partial charge in [0.2, 0.25) is 5.91 Å². The Kier molecular flexibility index (Phi) is 8.08. The van der Waals surface area contributed by atoms with Gasteiger partial charge in [-0.2, -0.15) is 0 Å². The molecule has 0 fully saturated rings. The van der Waals surface area contributed by atoms with E-state index in [4.69, 9.17) is 16.3 Å². The van der Waals surface area contributed by atoms with Gasteiger partial charge in [-0.15, -0.1) is 11.3 Å². The number of ether oxygens (including phenoxy) is 1. The third-order valence-electron chi connectivity index (χ3n) is 5.92. The molecule has 1 aliphatic rings. The molecule has 2 heterocycles. The Balaban J connectivity index is 1.55. The maximum Gasteiger partial charge on any atom is 0.254 e. The number of carbonyl (C=O) groups is 2. The normalized spacial score (nSPS) is 15.1. The van der Waals surface area contributed by atoms with E-state index in [1.54, 1.807) is 63.6 Å². The Morgan fingerprint density at radius 3 is 2.74 bits per heavy atom. The first-order valence-electron chi connectivity index (χ1n) is 11.6. The number of hydrogen-bond donors (Lipinski definition) is 0. The van der Waals surface area contributed by atoms with Gasteiger partial charge in [0.05, 0.1) is 6.04 Å². The second-order valence-corrected chi connectivity index (χ2v) is 10.4. The summed E-state index contributed by atoms with van der Waals surface area (Å²) in [5.74, 6) is -0.514. The minimum atomic E-state index is -0.443. The van der Waals surface area contributed by atoms with Crippen molar-refractivity contribution in [2.45, 2.75) is 26.3 Å². The molecule has 2 amide bonds. The van der Waals surface area contributed by atoms with Crippen LogP contribution < -0.4 is 4.74 Å². The fourth-order valence-corrected chi connectivity index (χ4v) is 5.44. The van der Waals surface area contributed by atoms with Gasteiger partial charge in [0.25, 0.3) is 5.91 Å². The molecule has 0 unspecified atom stereocenters. The molecule has 5 nitrogen and oxygen atoms in total. The Morgan fingerprint density at radius 2 is 2.00 bits per heavy atom. The van der Waals surface area contributed by atoms with E-state index in [1.165, 1.54) is 10.9 Å². The van der Waals surface area contributed by atoms with Crippen molar-refractivity contribution in [3.63, 3.8) is 0 Å². The predicted octanol–water partition coefficient (Wildman–Crippen LogP) is 5.84. The van der Waals surface area contributed by atoms with Gasteiger partial charge in [0.1, 0.15) is 13.2 Å². The highest BCUT2D eigenvalue weighted by molar-refractivity contribution is 7.10. The first kappa shape index (κ1) is 25.2. The topological polar surface area (TPSA) is 49.9 Å². The summed E-state index contributed by atoms with van der Waals surface area (Å²) in [5.41, 5.74) is 1.46. The molecule has 0 radical (unpaired) electrons. The van der Waals surface area contributed by atoms with E-state index in [2.05, 4.69) is 0 Å². The molecule has 8 heteroatoms. The van der Waals surface area contributed by atoms with Crippen LogP contribution in [-0.2, 0) is 11.2 Å². The number of halogens is 2. The van der Waals surface area contributed by atoms with Gasteiger partial charge in [0, 0.05) is 28.6 Å². The zero-order chi connectivity index (χ0) is 24.9. The van der Waals surface area contributed by atoms with E-state index in [0.717, 1.165) is 12.0 Å². The van der Waals surface area contributed by atoms with Crippen LogP contribution >= 0.6 is 22.9 Å². The van der Waals surface area contributed by atoms with Crippen molar-refractivity contribution in [2.24, 2.45) is 5.92 Å². The fraction of sp³-hybridized carbons (Fsp3) is 0.333. The maximum absolute atomic E-state index is 14.2. The first-order chi connectivity index (χ1) is 16.8. The Labute approximate surface area is 214 Å². The molecule has 0 saturated carbocycles. The summed E-state index contributed by atoms with van der Waals surface area (Å²) in [7, 11) is 0. The molecule has 2 aromatic carbocycles. The fourth-order valence-electron chi connectivity index (χ4n) is 4.32. The molecular weight excluding hydrogens is 487 g/mol. The minimum Gasteiger partial charge on any atom is -0.488 e. The number of carbonyl (C=O) groups excluding carboxylic acids is 2. The standard InChI is InChI=1S/C27H28ClFN2O3S/c1-18(2)15-30(27(33)19-6-5-7-20(28)14-19)16-26(32)31-12-10-25-21(11-13-35-25)23(31)17-34-24-9-4-3-8-22(24)29/h3-9,11,13-14,18,23H,10,12,15-17H2,1-2H3/t23-/m0/s1. The van der Waals surface area contributed by atoms with Crippen molar-refractivity contribution in [1.29, 1.82) is 0 Å². The van der Waals surface area contributed by atoms with E-state index >= 15 is 0 Å². The molecule has 0 bridgehead atoms. The molecule has 0 N–H and O–H groups in total. The zero-order valence-electron chi connectivity index (χ0n) is 19.7. The molecule has 0 aliphatic carbocycles. The quantitative estimate of drug-likeness (QED) is 0.379. The molecule has 1 aromatic heterocycles. The summed E-state index contributed by atoms with van der Waals surface area (Å²) in [6, 6.07) is 14.6. The van der Waals surface area contributed by atoms with Gasteiger partial charge in [-0.1, -0.05) is 43.6 Å². The lowest BCUT2D eigenvalue weighted by atomic mass is 10.00. The second-order valence-electron chi connectivity index (χ2n) is 8.98. The van der Waals surface area contributed by atoms with Gasteiger partial charge < -0.3 is 14.5 Å². The van der Waals surface area contributed by atoms with Crippen molar-refractivity contribution in [2.75, 3.05) is 26.2 Å². The van der Waals surface area contributed by atoms with Crippen molar-refractivity contribution in [1.82, 2.24) is 9.80 Å². The van der Waals surface area contributed by atoms with Gasteiger partial charge in [0.15, 0.2) is 11.6 Å². The largest absolute Gasteiger partial charge is 0.488 e. The molecule has 184 valence electrons.